The molecule has 2 fully saturated rings. The molecule has 2 unspecified atom stereocenters. The maximum absolute atomic E-state index is 11.9. The smallest absolute Gasteiger partial charge is 0.362 e. The zero-order valence-electron chi connectivity index (χ0n) is 10.2. The molecule has 0 aromatic rings. The van der Waals surface area contributed by atoms with E-state index in [1.54, 1.807) is 4.90 Å². The third kappa shape index (κ3) is 3.14. The second-order valence-electron chi connectivity index (χ2n) is 5.02. The van der Waals surface area contributed by atoms with Gasteiger partial charge in [-0.25, -0.2) is 0 Å². The van der Waals surface area contributed by atoms with Crippen molar-refractivity contribution in [2.24, 2.45) is 0 Å². The maximum atomic E-state index is 11.9. The summed E-state index contributed by atoms with van der Waals surface area (Å²) in [4.78, 5) is 15.7. The Labute approximate surface area is 104 Å². The number of alkyl halides is 3. The first-order chi connectivity index (χ1) is 8.37. The lowest BCUT2D eigenvalue weighted by atomic mass is 10.2. The van der Waals surface area contributed by atoms with Gasteiger partial charge in [-0.05, 0) is 19.9 Å². The summed E-state index contributed by atoms with van der Waals surface area (Å²) in [6, 6.07) is 0.270. The van der Waals surface area contributed by atoms with Gasteiger partial charge in [0.15, 0.2) is 0 Å². The monoisotopic (exact) mass is 266 g/mol. The quantitative estimate of drug-likeness (QED) is 0.760. The van der Waals surface area contributed by atoms with Crippen molar-refractivity contribution in [1.29, 1.82) is 0 Å². The molecular weight excluding hydrogens is 249 g/mol. The number of carbonyl (C=O) groups is 1. The van der Waals surface area contributed by atoms with Crippen LogP contribution in [0.5, 0.6) is 0 Å². The fraction of sp³-hybridized carbons (Fsp3) is 0.909. The highest BCUT2D eigenvalue weighted by molar-refractivity contribution is 5.78. The summed E-state index contributed by atoms with van der Waals surface area (Å²) < 4.78 is 40.2. The molecule has 2 saturated heterocycles. The van der Waals surface area contributed by atoms with Crippen LogP contribution in [-0.4, -0.2) is 67.3 Å². The van der Waals surface area contributed by atoms with E-state index in [2.05, 4.69) is 9.64 Å². The van der Waals surface area contributed by atoms with Crippen LogP contribution in [0, 0.1) is 0 Å². The molecule has 2 atom stereocenters. The van der Waals surface area contributed by atoms with E-state index in [1.807, 2.05) is 7.05 Å². The van der Waals surface area contributed by atoms with E-state index in [4.69, 9.17) is 0 Å². The summed E-state index contributed by atoms with van der Waals surface area (Å²) in [6.45, 7) is -0.249. The molecule has 7 heteroatoms. The van der Waals surface area contributed by atoms with Crippen LogP contribution in [0.4, 0.5) is 13.2 Å². The summed E-state index contributed by atoms with van der Waals surface area (Å²) in [7, 11) is 1.99. The number of amides is 1. The predicted octanol–water partition coefficient (Wildman–Crippen LogP) is 0.870. The van der Waals surface area contributed by atoms with E-state index in [-0.39, 0.29) is 18.0 Å². The van der Waals surface area contributed by atoms with Crippen LogP contribution in [-0.2, 0) is 9.53 Å². The first-order valence-electron chi connectivity index (χ1n) is 6.01. The summed E-state index contributed by atoms with van der Waals surface area (Å²) in [5.74, 6) is -0.320. The van der Waals surface area contributed by atoms with Crippen LogP contribution < -0.4 is 0 Å². The van der Waals surface area contributed by atoms with E-state index >= 15 is 0 Å². The van der Waals surface area contributed by atoms with Crippen LogP contribution in [0.2, 0.25) is 0 Å². The topological polar surface area (TPSA) is 32.8 Å². The van der Waals surface area contributed by atoms with Gasteiger partial charge in [-0.1, -0.05) is 0 Å². The van der Waals surface area contributed by atoms with Gasteiger partial charge in [-0.3, -0.25) is 4.79 Å². The van der Waals surface area contributed by atoms with E-state index in [0.717, 1.165) is 25.9 Å². The molecule has 4 nitrogen and oxygen atoms in total. The van der Waals surface area contributed by atoms with E-state index in [0.29, 0.717) is 0 Å². The van der Waals surface area contributed by atoms with Crippen LogP contribution in [0.3, 0.4) is 0 Å². The fourth-order valence-electron chi connectivity index (χ4n) is 2.85. The Bertz CT molecular complexity index is 308. The number of carbonyl (C=O) groups excluding carboxylic acids is 1. The second kappa shape index (κ2) is 5.05. The molecule has 0 saturated carbocycles. The first kappa shape index (κ1) is 13.6. The lowest BCUT2D eigenvalue weighted by molar-refractivity contribution is -0.179. The zero-order valence-corrected chi connectivity index (χ0v) is 10.2. The number of ether oxygens (including phenoxy) is 1. The minimum absolute atomic E-state index is 0.135. The Kier molecular flexibility index (Phi) is 3.82. The maximum Gasteiger partial charge on any atom is 0.411 e. The third-order valence-electron chi connectivity index (χ3n) is 3.44. The molecule has 0 N–H and O–H groups in total. The molecular formula is C11H17F3N2O2. The first-order valence-corrected chi connectivity index (χ1v) is 6.01. The van der Waals surface area contributed by atoms with Crippen LogP contribution >= 0.6 is 0 Å². The third-order valence-corrected chi connectivity index (χ3v) is 3.44. The zero-order chi connectivity index (χ0) is 13.3. The van der Waals surface area contributed by atoms with Gasteiger partial charge >= 0.3 is 6.18 Å². The van der Waals surface area contributed by atoms with Gasteiger partial charge in [0, 0.05) is 25.2 Å². The Morgan fingerprint density at radius 2 is 1.83 bits per heavy atom. The van der Waals surface area contributed by atoms with Crippen LogP contribution in [0.15, 0.2) is 0 Å². The Balaban J connectivity index is 1.83. The Hall–Kier alpha value is -0.820. The average Bonchev–Trinajstić information content (AvgIpc) is 2.49. The number of likely N-dealkylation sites (tertiary alicyclic amines) is 1. The van der Waals surface area contributed by atoms with Crippen molar-refractivity contribution in [2.45, 2.75) is 31.1 Å². The van der Waals surface area contributed by atoms with Crippen molar-refractivity contribution < 1.29 is 22.7 Å². The Morgan fingerprint density at radius 3 is 2.33 bits per heavy atom. The molecule has 2 aliphatic heterocycles. The van der Waals surface area contributed by atoms with E-state index in [9.17, 15) is 18.0 Å². The number of hydrogen-bond donors (Lipinski definition) is 0. The molecule has 1 amide bonds. The number of nitrogens with zero attached hydrogens (tertiary/aromatic N) is 2. The molecule has 2 bridgehead atoms. The highest BCUT2D eigenvalue weighted by atomic mass is 19.4. The summed E-state index contributed by atoms with van der Waals surface area (Å²) in [5.41, 5.74) is 0. The molecule has 0 spiro atoms. The largest absolute Gasteiger partial charge is 0.411 e. The molecule has 2 heterocycles. The van der Waals surface area contributed by atoms with Gasteiger partial charge < -0.3 is 14.5 Å². The molecule has 0 aromatic carbocycles. The van der Waals surface area contributed by atoms with Gasteiger partial charge in [-0.15, -0.1) is 0 Å². The van der Waals surface area contributed by atoms with Gasteiger partial charge in [0.05, 0.1) is 0 Å². The van der Waals surface area contributed by atoms with Crippen molar-refractivity contribution in [1.82, 2.24) is 9.80 Å². The molecule has 0 aromatic heterocycles. The highest BCUT2D eigenvalue weighted by Gasteiger charge is 2.41. The molecule has 18 heavy (non-hydrogen) atoms. The van der Waals surface area contributed by atoms with Crippen molar-refractivity contribution >= 4 is 5.91 Å². The van der Waals surface area contributed by atoms with Crippen molar-refractivity contribution in [3.63, 3.8) is 0 Å². The van der Waals surface area contributed by atoms with Gasteiger partial charge in [0.25, 0.3) is 0 Å². The molecule has 0 radical (unpaired) electrons. The molecule has 2 rings (SSSR count). The number of hydrogen-bond acceptors (Lipinski definition) is 3. The predicted molar refractivity (Wildman–Crippen MR) is 58.0 cm³/mol. The lowest BCUT2D eigenvalue weighted by Gasteiger charge is -2.39. The normalized spacial score (nSPS) is 28.8. The summed E-state index contributed by atoms with van der Waals surface area (Å²) in [5, 5.41) is 0. The number of likely N-dealkylation sites (N-methyl/N-ethyl adjacent to an activating group) is 1. The lowest BCUT2D eigenvalue weighted by Crippen LogP contribution is -2.55. The van der Waals surface area contributed by atoms with Crippen molar-refractivity contribution in [3.8, 4) is 0 Å². The summed E-state index contributed by atoms with van der Waals surface area (Å²) in [6.07, 6.45) is -2.51. The highest BCUT2D eigenvalue weighted by Crippen LogP contribution is 2.29. The summed E-state index contributed by atoms with van der Waals surface area (Å²) >= 11 is 0. The molecule has 2 aliphatic rings. The number of halogens is 3. The average molecular weight is 266 g/mol. The van der Waals surface area contributed by atoms with Crippen molar-refractivity contribution in [3.05, 3.63) is 0 Å². The number of piperazine rings is 1. The van der Waals surface area contributed by atoms with Crippen LogP contribution in [0.25, 0.3) is 0 Å². The minimum atomic E-state index is -4.37. The standard InChI is InChI=1S/C11H17F3N2O2/c1-15-4-8-2-3-9(5-15)16(8)10(17)6-18-7-11(12,13)14/h8-9H,2-7H2,1H3. The van der Waals surface area contributed by atoms with Crippen molar-refractivity contribution in [2.75, 3.05) is 33.4 Å². The van der Waals surface area contributed by atoms with Crippen LogP contribution in [0.1, 0.15) is 12.8 Å². The van der Waals surface area contributed by atoms with Gasteiger partial charge in [-0.2, -0.15) is 13.2 Å². The fourth-order valence-corrected chi connectivity index (χ4v) is 2.85. The van der Waals surface area contributed by atoms with Gasteiger partial charge in [0.1, 0.15) is 13.2 Å². The van der Waals surface area contributed by atoms with Gasteiger partial charge in [0.2, 0.25) is 5.91 Å². The molecule has 104 valence electrons. The molecule has 0 aliphatic carbocycles. The SMILES string of the molecule is CN1CC2CCC(C1)N2C(=O)COCC(F)(F)F. The second-order valence-corrected chi connectivity index (χ2v) is 5.02. The van der Waals surface area contributed by atoms with E-state index in [1.165, 1.54) is 0 Å². The Morgan fingerprint density at radius 1 is 1.28 bits per heavy atom. The number of rotatable bonds is 3. The van der Waals surface area contributed by atoms with E-state index < -0.39 is 19.4 Å². The number of fused-ring (bicyclic) bond motifs is 2. The minimum Gasteiger partial charge on any atom is -0.362 e.